The van der Waals surface area contributed by atoms with Crippen molar-refractivity contribution in [3.05, 3.63) is 34.9 Å². The monoisotopic (exact) mass is 401 g/mol. The first kappa shape index (κ1) is 24.3. The summed E-state index contributed by atoms with van der Waals surface area (Å²) in [7, 11) is 0. The highest BCUT2D eigenvalue weighted by atomic mass is 19.4. The van der Waals surface area contributed by atoms with Gasteiger partial charge >= 0.3 is 12.3 Å². The van der Waals surface area contributed by atoms with Gasteiger partial charge in [-0.25, -0.2) is 4.79 Å². The minimum atomic E-state index is -4.37. The number of hydrogen-bond donors (Lipinski definition) is 0. The second kappa shape index (κ2) is 10.2. The van der Waals surface area contributed by atoms with Gasteiger partial charge in [-0.1, -0.05) is 38.3 Å². The summed E-state index contributed by atoms with van der Waals surface area (Å²) in [5, 5.41) is 0. The molecule has 0 N–H and O–H groups in total. The van der Waals surface area contributed by atoms with Crippen LogP contribution in [0.1, 0.15) is 70.6 Å². The van der Waals surface area contributed by atoms with Gasteiger partial charge in [0.05, 0.1) is 5.56 Å². The molecule has 0 bridgehead atoms. The molecule has 1 aromatic carbocycles. The van der Waals surface area contributed by atoms with E-state index in [1.807, 2.05) is 0 Å². The summed E-state index contributed by atoms with van der Waals surface area (Å²) in [5.41, 5.74) is -0.135. The average molecular weight is 402 g/mol. The fourth-order valence-electron chi connectivity index (χ4n) is 3.04. The zero-order chi connectivity index (χ0) is 21.5. The minimum absolute atomic E-state index is 0.302. The maximum Gasteiger partial charge on any atom is 0.416 e. The van der Waals surface area contributed by atoms with Crippen LogP contribution in [0.25, 0.3) is 0 Å². The molecular weight excluding hydrogens is 367 g/mol. The van der Waals surface area contributed by atoms with E-state index in [0.717, 1.165) is 25.3 Å². The molecule has 1 aromatic rings. The molecule has 0 radical (unpaired) electrons. The van der Waals surface area contributed by atoms with Crippen molar-refractivity contribution in [1.82, 2.24) is 4.90 Å². The molecule has 0 aliphatic rings. The Morgan fingerprint density at radius 2 is 1.82 bits per heavy atom. The number of nitrogens with zero attached hydrogens (tertiary/aromatic N) is 1. The van der Waals surface area contributed by atoms with Crippen molar-refractivity contribution in [1.29, 1.82) is 0 Å². The van der Waals surface area contributed by atoms with Crippen LogP contribution in [-0.2, 0) is 17.3 Å². The standard InChI is InChI=1S/C22H34F3NO2/c1-7-8-9-16(2)15-26(20(27)28-21(4,5)6)11-10-18-12-17(3)13-19(14-18)22(23,24)25/h12-14,16H,7-11,15H2,1-6H3/t16-/m0/s1. The lowest BCUT2D eigenvalue weighted by atomic mass is 10.0. The molecule has 1 rings (SSSR count). The number of benzene rings is 1. The first-order valence-corrected chi connectivity index (χ1v) is 9.97. The van der Waals surface area contributed by atoms with Crippen molar-refractivity contribution >= 4 is 6.09 Å². The second-order valence-corrected chi connectivity index (χ2v) is 8.63. The molecule has 0 spiro atoms. The number of aryl methyl sites for hydroxylation is 1. The molecule has 0 saturated carbocycles. The lowest BCUT2D eigenvalue weighted by molar-refractivity contribution is -0.137. The van der Waals surface area contributed by atoms with Crippen molar-refractivity contribution < 1.29 is 22.7 Å². The number of ether oxygens (including phenoxy) is 1. The van der Waals surface area contributed by atoms with Gasteiger partial charge in [-0.15, -0.1) is 0 Å². The van der Waals surface area contributed by atoms with Crippen LogP contribution in [0.5, 0.6) is 0 Å². The molecule has 1 amide bonds. The van der Waals surface area contributed by atoms with Gasteiger partial charge < -0.3 is 9.64 Å². The molecular formula is C22H34F3NO2. The lowest BCUT2D eigenvalue weighted by Crippen LogP contribution is -2.40. The number of carbonyl (C=O) groups excluding carboxylic acids is 1. The third-order valence-electron chi connectivity index (χ3n) is 4.37. The van der Waals surface area contributed by atoms with Crippen molar-refractivity contribution in [2.24, 2.45) is 5.92 Å². The quantitative estimate of drug-likeness (QED) is 0.490. The van der Waals surface area contributed by atoms with Gasteiger partial charge in [-0.05, 0) is 64.2 Å². The van der Waals surface area contributed by atoms with E-state index in [4.69, 9.17) is 4.74 Å². The van der Waals surface area contributed by atoms with E-state index >= 15 is 0 Å². The van der Waals surface area contributed by atoms with Crippen LogP contribution in [0.15, 0.2) is 18.2 Å². The van der Waals surface area contributed by atoms with Gasteiger partial charge in [0.15, 0.2) is 0 Å². The molecule has 160 valence electrons. The van der Waals surface area contributed by atoms with Gasteiger partial charge in [0, 0.05) is 13.1 Å². The van der Waals surface area contributed by atoms with Gasteiger partial charge in [0.2, 0.25) is 0 Å². The van der Waals surface area contributed by atoms with Crippen LogP contribution in [0.3, 0.4) is 0 Å². The Bertz CT molecular complexity index is 636. The summed E-state index contributed by atoms with van der Waals surface area (Å²) in [6.45, 7) is 12.1. The maximum atomic E-state index is 13.1. The molecule has 3 nitrogen and oxygen atoms in total. The highest BCUT2D eigenvalue weighted by molar-refractivity contribution is 5.68. The van der Waals surface area contributed by atoms with E-state index in [2.05, 4.69) is 13.8 Å². The Hall–Kier alpha value is -1.72. The number of alkyl halides is 3. The lowest BCUT2D eigenvalue weighted by Gasteiger charge is -2.29. The smallest absolute Gasteiger partial charge is 0.416 e. The highest BCUT2D eigenvalue weighted by Gasteiger charge is 2.31. The summed E-state index contributed by atoms with van der Waals surface area (Å²) < 4.78 is 44.7. The second-order valence-electron chi connectivity index (χ2n) is 8.63. The molecule has 0 aromatic heterocycles. The molecule has 1 atom stereocenters. The fourth-order valence-corrected chi connectivity index (χ4v) is 3.04. The predicted octanol–water partition coefficient (Wildman–Crippen LogP) is 6.62. The summed E-state index contributed by atoms with van der Waals surface area (Å²) in [6, 6.07) is 4.05. The number of halogens is 3. The molecule has 0 fully saturated rings. The van der Waals surface area contributed by atoms with E-state index in [9.17, 15) is 18.0 Å². The van der Waals surface area contributed by atoms with Crippen LogP contribution < -0.4 is 0 Å². The average Bonchev–Trinajstić information content (AvgIpc) is 2.53. The molecule has 0 aliphatic heterocycles. The first-order chi connectivity index (χ1) is 12.8. The zero-order valence-electron chi connectivity index (χ0n) is 17.9. The van der Waals surface area contributed by atoms with E-state index in [1.54, 1.807) is 38.7 Å². The summed E-state index contributed by atoms with van der Waals surface area (Å²) in [4.78, 5) is 14.2. The fraction of sp³-hybridized carbons (Fsp3) is 0.682. The zero-order valence-corrected chi connectivity index (χ0v) is 17.9. The molecule has 0 heterocycles. The Morgan fingerprint density at radius 1 is 1.18 bits per heavy atom. The van der Waals surface area contributed by atoms with Gasteiger partial charge in [-0.2, -0.15) is 13.2 Å². The van der Waals surface area contributed by atoms with E-state index in [-0.39, 0.29) is 0 Å². The molecule has 0 aliphatic carbocycles. The molecule has 28 heavy (non-hydrogen) atoms. The largest absolute Gasteiger partial charge is 0.444 e. The number of carbonyl (C=O) groups is 1. The highest BCUT2D eigenvalue weighted by Crippen LogP contribution is 2.30. The third-order valence-corrected chi connectivity index (χ3v) is 4.37. The Balaban J connectivity index is 2.91. The molecule has 6 heteroatoms. The summed E-state index contributed by atoms with van der Waals surface area (Å²) in [6.07, 6.45) is -1.28. The van der Waals surface area contributed by atoms with Crippen LogP contribution in [0, 0.1) is 12.8 Å². The molecule has 0 saturated heterocycles. The normalized spacial score (nSPS) is 13.3. The number of rotatable bonds is 8. The van der Waals surface area contributed by atoms with Crippen molar-refractivity contribution in [2.75, 3.05) is 13.1 Å². The molecule has 0 unspecified atom stereocenters. The van der Waals surface area contributed by atoms with Gasteiger partial charge in [0.25, 0.3) is 0 Å². The summed E-state index contributed by atoms with van der Waals surface area (Å²) in [5.74, 6) is 0.302. The topological polar surface area (TPSA) is 29.5 Å². The van der Waals surface area contributed by atoms with E-state index < -0.39 is 23.4 Å². The van der Waals surface area contributed by atoms with Gasteiger partial charge in [0.1, 0.15) is 5.60 Å². The Labute approximate surface area is 167 Å². The Morgan fingerprint density at radius 3 is 2.36 bits per heavy atom. The third kappa shape index (κ3) is 8.98. The van der Waals surface area contributed by atoms with Crippen molar-refractivity contribution in [2.45, 2.75) is 79.0 Å². The van der Waals surface area contributed by atoms with E-state index in [0.29, 0.717) is 36.6 Å². The van der Waals surface area contributed by atoms with Gasteiger partial charge in [-0.3, -0.25) is 0 Å². The number of amides is 1. The van der Waals surface area contributed by atoms with Crippen LogP contribution in [0.2, 0.25) is 0 Å². The maximum absolute atomic E-state index is 13.1. The van der Waals surface area contributed by atoms with Crippen LogP contribution >= 0.6 is 0 Å². The SMILES string of the molecule is CCCC[C@H](C)CN(CCc1cc(C)cc(C(F)(F)F)c1)C(=O)OC(C)(C)C. The number of hydrogen-bond acceptors (Lipinski definition) is 2. The summed E-state index contributed by atoms with van der Waals surface area (Å²) >= 11 is 0. The van der Waals surface area contributed by atoms with Crippen molar-refractivity contribution in [3.63, 3.8) is 0 Å². The first-order valence-electron chi connectivity index (χ1n) is 9.97. The van der Waals surface area contributed by atoms with Crippen LogP contribution in [0.4, 0.5) is 18.0 Å². The van der Waals surface area contributed by atoms with Crippen LogP contribution in [-0.4, -0.2) is 29.7 Å². The number of unbranched alkanes of at least 4 members (excludes halogenated alkanes) is 1. The Kier molecular flexibility index (Phi) is 8.83. The predicted molar refractivity (Wildman–Crippen MR) is 106 cm³/mol. The van der Waals surface area contributed by atoms with Crippen molar-refractivity contribution in [3.8, 4) is 0 Å². The minimum Gasteiger partial charge on any atom is -0.444 e. The van der Waals surface area contributed by atoms with E-state index in [1.165, 1.54) is 6.07 Å².